The molecule has 4 N–H and O–H groups in total. The van der Waals surface area contributed by atoms with Crippen LogP contribution in [0.1, 0.15) is 11.3 Å². The van der Waals surface area contributed by atoms with Crippen LogP contribution in [0, 0.1) is 0 Å². The van der Waals surface area contributed by atoms with Gasteiger partial charge in [-0.1, -0.05) is 6.07 Å². The van der Waals surface area contributed by atoms with Crippen molar-refractivity contribution in [2.45, 2.75) is 18.4 Å². The first-order valence-electron chi connectivity index (χ1n) is 6.54. The zero-order valence-electron chi connectivity index (χ0n) is 11.3. The second kappa shape index (κ2) is 6.36. The molecule has 2 heterocycles. The maximum absolute atomic E-state index is 10.3. The first-order valence-corrected chi connectivity index (χ1v) is 7.42. The van der Waals surface area contributed by atoms with Gasteiger partial charge in [0.1, 0.15) is 0 Å². The number of guanidine groups is 1. The number of nitrogens with two attached hydrogens (primary N) is 1. The predicted molar refractivity (Wildman–Crippen MR) is 79.6 cm³/mol. The van der Waals surface area contributed by atoms with E-state index >= 15 is 0 Å². The van der Waals surface area contributed by atoms with Crippen LogP contribution in [0.15, 0.2) is 22.5 Å². The van der Waals surface area contributed by atoms with Crippen molar-refractivity contribution >= 4 is 17.3 Å². The van der Waals surface area contributed by atoms with E-state index in [1.807, 2.05) is 13.1 Å². The molecule has 0 aliphatic carbocycles. The lowest BCUT2D eigenvalue weighted by atomic mass is 10.0. The lowest BCUT2D eigenvalue weighted by Crippen LogP contribution is -2.39. The van der Waals surface area contributed by atoms with E-state index in [0.717, 1.165) is 25.9 Å². The summed E-state index contributed by atoms with van der Waals surface area (Å²) in [4.78, 5) is 7.68. The van der Waals surface area contributed by atoms with Crippen molar-refractivity contribution in [3.8, 4) is 0 Å². The second-order valence-electron chi connectivity index (χ2n) is 5.17. The molecule has 0 radical (unpaired) electrons. The van der Waals surface area contributed by atoms with E-state index in [1.165, 1.54) is 4.88 Å². The van der Waals surface area contributed by atoms with Crippen LogP contribution in [0.2, 0.25) is 0 Å². The van der Waals surface area contributed by atoms with Gasteiger partial charge >= 0.3 is 0 Å². The summed E-state index contributed by atoms with van der Waals surface area (Å²) in [6, 6.07) is 4.15. The van der Waals surface area contributed by atoms with Gasteiger partial charge < -0.3 is 21.1 Å². The van der Waals surface area contributed by atoms with Crippen LogP contribution >= 0.6 is 11.3 Å². The highest BCUT2D eigenvalue weighted by Crippen LogP contribution is 2.19. The SMILES string of the molecule is CN1CCC(O)(CN=C(N)NCCc2cccs2)C1. The number of likely N-dealkylation sites (N-methyl/N-ethyl adjacent to an activating group) is 1. The fourth-order valence-corrected chi connectivity index (χ4v) is 2.95. The first kappa shape index (κ1) is 14.3. The highest BCUT2D eigenvalue weighted by Gasteiger charge is 2.34. The molecular formula is C13H22N4OS. The van der Waals surface area contributed by atoms with Crippen LogP contribution in [0.4, 0.5) is 0 Å². The van der Waals surface area contributed by atoms with E-state index in [1.54, 1.807) is 11.3 Å². The van der Waals surface area contributed by atoms with Crippen molar-refractivity contribution in [3.05, 3.63) is 22.4 Å². The fourth-order valence-electron chi connectivity index (χ4n) is 2.25. The summed E-state index contributed by atoms with van der Waals surface area (Å²) in [7, 11) is 2.00. The minimum Gasteiger partial charge on any atom is -0.387 e. The van der Waals surface area contributed by atoms with Gasteiger partial charge in [-0.15, -0.1) is 11.3 Å². The Bertz CT molecular complexity index is 420. The lowest BCUT2D eigenvalue weighted by Gasteiger charge is -2.20. The van der Waals surface area contributed by atoms with E-state index in [2.05, 4.69) is 26.7 Å². The molecule has 1 aliphatic rings. The zero-order chi connectivity index (χ0) is 13.7. The smallest absolute Gasteiger partial charge is 0.188 e. The number of β-amino-alcohol motifs (C(OH)–C–C–N with tert-alkyl or cyclic N) is 1. The van der Waals surface area contributed by atoms with Gasteiger partial charge in [0.25, 0.3) is 0 Å². The molecule has 1 aliphatic heterocycles. The number of thiophene rings is 1. The molecule has 1 fully saturated rings. The molecule has 106 valence electrons. The summed E-state index contributed by atoms with van der Waals surface area (Å²) in [5.41, 5.74) is 5.09. The number of aliphatic imine (C=N–C) groups is 1. The lowest BCUT2D eigenvalue weighted by molar-refractivity contribution is 0.0614. The molecular weight excluding hydrogens is 260 g/mol. The topological polar surface area (TPSA) is 73.9 Å². The van der Waals surface area contributed by atoms with Crippen molar-refractivity contribution in [2.75, 3.05) is 33.2 Å². The maximum atomic E-state index is 10.3. The third kappa shape index (κ3) is 4.49. The number of likely N-dealkylation sites (tertiary alicyclic amines) is 1. The van der Waals surface area contributed by atoms with Crippen LogP contribution in [0.25, 0.3) is 0 Å². The van der Waals surface area contributed by atoms with E-state index in [4.69, 9.17) is 5.73 Å². The minimum atomic E-state index is -0.713. The van der Waals surface area contributed by atoms with Crippen LogP contribution in [-0.4, -0.2) is 54.8 Å². The Labute approximate surface area is 118 Å². The standard InChI is InChI=1S/C13H22N4OS/c1-17-7-5-13(18,10-17)9-16-12(14)15-6-4-11-3-2-8-19-11/h2-3,8,18H,4-7,9-10H2,1H3,(H3,14,15,16). The Balaban J connectivity index is 1.70. The number of hydrogen-bond acceptors (Lipinski definition) is 4. The van der Waals surface area contributed by atoms with E-state index < -0.39 is 5.60 Å². The number of hydrogen-bond donors (Lipinski definition) is 3. The summed E-state index contributed by atoms with van der Waals surface area (Å²) >= 11 is 1.74. The number of aliphatic hydroxyl groups is 1. The summed E-state index contributed by atoms with van der Waals surface area (Å²) < 4.78 is 0. The second-order valence-corrected chi connectivity index (χ2v) is 6.20. The molecule has 0 amide bonds. The Kier molecular flexibility index (Phi) is 4.79. The van der Waals surface area contributed by atoms with Gasteiger partial charge in [0.05, 0.1) is 12.1 Å². The van der Waals surface area contributed by atoms with E-state index in [-0.39, 0.29) is 0 Å². The molecule has 5 nitrogen and oxygen atoms in total. The molecule has 1 aromatic heterocycles. The maximum Gasteiger partial charge on any atom is 0.188 e. The van der Waals surface area contributed by atoms with Crippen molar-refractivity contribution in [3.63, 3.8) is 0 Å². The average molecular weight is 282 g/mol. The van der Waals surface area contributed by atoms with Gasteiger partial charge in [0.2, 0.25) is 0 Å². The fraction of sp³-hybridized carbons (Fsp3) is 0.615. The average Bonchev–Trinajstić information content (AvgIpc) is 2.98. The van der Waals surface area contributed by atoms with Gasteiger partial charge in [-0.05, 0) is 31.3 Å². The summed E-state index contributed by atoms with van der Waals surface area (Å²) in [6.07, 6.45) is 1.70. The van der Waals surface area contributed by atoms with E-state index in [9.17, 15) is 5.11 Å². The number of rotatable bonds is 5. The third-order valence-electron chi connectivity index (χ3n) is 3.32. The Morgan fingerprint density at radius 3 is 3.16 bits per heavy atom. The van der Waals surface area contributed by atoms with Crippen molar-refractivity contribution < 1.29 is 5.11 Å². The van der Waals surface area contributed by atoms with Gasteiger partial charge in [0, 0.05) is 24.5 Å². The van der Waals surface area contributed by atoms with Crippen LogP contribution in [-0.2, 0) is 6.42 Å². The molecule has 0 bridgehead atoms. The number of nitrogens with one attached hydrogen (secondary N) is 1. The summed E-state index contributed by atoms with van der Waals surface area (Å²) in [6.45, 7) is 2.72. The van der Waals surface area contributed by atoms with Gasteiger partial charge in [-0.25, -0.2) is 0 Å². The zero-order valence-corrected chi connectivity index (χ0v) is 12.1. The molecule has 1 unspecified atom stereocenters. The van der Waals surface area contributed by atoms with Crippen molar-refractivity contribution in [1.82, 2.24) is 10.2 Å². The summed E-state index contributed by atoms with van der Waals surface area (Å²) in [5.74, 6) is 0.416. The highest BCUT2D eigenvalue weighted by atomic mass is 32.1. The normalized spacial score (nSPS) is 24.8. The molecule has 2 rings (SSSR count). The van der Waals surface area contributed by atoms with Crippen molar-refractivity contribution in [1.29, 1.82) is 0 Å². The predicted octanol–water partition coefficient (Wildman–Crippen LogP) is 0.262. The Morgan fingerprint density at radius 2 is 2.53 bits per heavy atom. The molecule has 1 aromatic rings. The van der Waals surface area contributed by atoms with Gasteiger partial charge in [-0.2, -0.15) is 0 Å². The quantitative estimate of drug-likeness (QED) is 0.535. The Hall–Kier alpha value is -1.11. The molecule has 0 saturated carbocycles. The van der Waals surface area contributed by atoms with Gasteiger partial charge in [-0.3, -0.25) is 4.99 Å². The van der Waals surface area contributed by atoms with E-state index in [0.29, 0.717) is 19.0 Å². The largest absolute Gasteiger partial charge is 0.387 e. The molecule has 0 aromatic carbocycles. The third-order valence-corrected chi connectivity index (χ3v) is 4.26. The van der Waals surface area contributed by atoms with Crippen molar-refractivity contribution in [2.24, 2.45) is 10.7 Å². The molecule has 1 atom stereocenters. The minimum absolute atomic E-state index is 0.370. The number of nitrogens with zero attached hydrogens (tertiary/aromatic N) is 2. The molecule has 1 saturated heterocycles. The first-order chi connectivity index (χ1) is 9.07. The molecule has 0 spiro atoms. The van der Waals surface area contributed by atoms with Crippen LogP contribution < -0.4 is 11.1 Å². The van der Waals surface area contributed by atoms with Crippen LogP contribution in [0.5, 0.6) is 0 Å². The van der Waals surface area contributed by atoms with Crippen LogP contribution in [0.3, 0.4) is 0 Å². The Morgan fingerprint density at radius 1 is 1.68 bits per heavy atom. The molecule has 19 heavy (non-hydrogen) atoms. The highest BCUT2D eigenvalue weighted by molar-refractivity contribution is 7.09. The van der Waals surface area contributed by atoms with Gasteiger partial charge in [0.15, 0.2) is 5.96 Å². The summed E-state index contributed by atoms with van der Waals surface area (Å²) in [5, 5.41) is 15.4. The monoisotopic (exact) mass is 282 g/mol. The molecule has 6 heteroatoms.